The summed E-state index contributed by atoms with van der Waals surface area (Å²) in [5, 5.41) is 4.50. The number of aryl methyl sites for hydroxylation is 2. The van der Waals surface area contributed by atoms with E-state index in [4.69, 9.17) is 0 Å². The number of hydrogen-bond acceptors (Lipinski definition) is 3. The lowest BCUT2D eigenvalue weighted by Gasteiger charge is -2.13. The molecule has 0 bridgehead atoms. The second-order valence-electron chi connectivity index (χ2n) is 5.48. The molecule has 1 atom stereocenters. The normalized spacial score (nSPS) is 11.7. The highest BCUT2D eigenvalue weighted by Crippen LogP contribution is 2.23. The Hall–Kier alpha value is -2.34. The minimum absolute atomic E-state index is 0.329. The molecule has 0 aliphatic carbocycles. The third-order valence-corrected chi connectivity index (χ3v) is 4.47. The topological polar surface area (TPSA) is 58.2 Å². The molecule has 126 valence electrons. The van der Waals surface area contributed by atoms with Gasteiger partial charge in [-0.25, -0.2) is 9.18 Å². The molecule has 0 spiro atoms. The summed E-state index contributed by atoms with van der Waals surface area (Å²) in [6.07, 6.45) is 0. The van der Waals surface area contributed by atoms with Crippen LogP contribution in [0.25, 0.3) is 0 Å². The van der Waals surface area contributed by atoms with Gasteiger partial charge in [-0.3, -0.25) is 10.1 Å². The zero-order chi connectivity index (χ0) is 17.7. The molecule has 0 aromatic heterocycles. The summed E-state index contributed by atoms with van der Waals surface area (Å²) in [5.74, 6) is -0.740. The Morgan fingerprint density at radius 3 is 2.38 bits per heavy atom. The van der Waals surface area contributed by atoms with E-state index in [0.29, 0.717) is 5.69 Å². The largest absolute Gasteiger partial charge is 0.325 e. The van der Waals surface area contributed by atoms with E-state index in [0.717, 1.165) is 16.0 Å². The molecular weight excluding hydrogens is 327 g/mol. The molecule has 2 aromatic carbocycles. The number of carbonyl (C=O) groups is 2. The standard InChI is InChI=1S/C18H19FN2O2S/c1-11-4-9-16(12(2)10-11)20-18(23)21-17(22)13(3)24-15-7-5-14(19)6-8-15/h4-10,13H,1-3H3,(H2,20,21,22,23). The lowest BCUT2D eigenvalue weighted by atomic mass is 10.1. The Morgan fingerprint density at radius 1 is 1.08 bits per heavy atom. The van der Waals surface area contributed by atoms with E-state index in [-0.39, 0.29) is 5.82 Å². The smallest absolute Gasteiger partial charge is 0.307 e. The Bertz CT molecular complexity index is 747. The van der Waals surface area contributed by atoms with Crippen molar-refractivity contribution in [3.63, 3.8) is 0 Å². The molecule has 2 N–H and O–H groups in total. The van der Waals surface area contributed by atoms with Crippen molar-refractivity contribution in [2.24, 2.45) is 0 Å². The molecule has 0 aliphatic rings. The molecule has 2 rings (SSSR count). The van der Waals surface area contributed by atoms with Gasteiger partial charge >= 0.3 is 6.03 Å². The van der Waals surface area contributed by atoms with Crippen LogP contribution in [-0.4, -0.2) is 17.2 Å². The maximum absolute atomic E-state index is 12.9. The van der Waals surface area contributed by atoms with Crippen molar-refractivity contribution >= 4 is 29.4 Å². The van der Waals surface area contributed by atoms with Gasteiger partial charge in [0.1, 0.15) is 5.82 Å². The number of hydrogen-bond donors (Lipinski definition) is 2. The van der Waals surface area contributed by atoms with Crippen LogP contribution in [0, 0.1) is 19.7 Å². The van der Waals surface area contributed by atoms with Crippen molar-refractivity contribution in [3.8, 4) is 0 Å². The zero-order valence-electron chi connectivity index (χ0n) is 13.7. The molecule has 24 heavy (non-hydrogen) atoms. The zero-order valence-corrected chi connectivity index (χ0v) is 14.5. The second kappa shape index (κ2) is 7.97. The van der Waals surface area contributed by atoms with Gasteiger partial charge in [0.25, 0.3) is 0 Å². The molecule has 3 amide bonds. The van der Waals surface area contributed by atoms with Crippen LogP contribution in [-0.2, 0) is 4.79 Å². The highest BCUT2D eigenvalue weighted by Gasteiger charge is 2.17. The predicted molar refractivity (Wildman–Crippen MR) is 94.8 cm³/mol. The first kappa shape index (κ1) is 18.0. The van der Waals surface area contributed by atoms with Crippen LogP contribution in [0.1, 0.15) is 18.1 Å². The molecule has 0 fully saturated rings. The molecule has 6 heteroatoms. The molecule has 2 aromatic rings. The average molecular weight is 346 g/mol. The third kappa shape index (κ3) is 5.09. The van der Waals surface area contributed by atoms with Crippen molar-refractivity contribution in [3.05, 3.63) is 59.4 Å². The number of benzene rings is 2. The molecule has 1 unspecified atom stereocenters. The van der Waals surface area contributed by atoms with E-state index >= 15 is 0 Å². The molecule has 0 saturated heterocycles. The molecule has 0 heterocycles. The van der Waals surface area contributed by atoms with Crippen LogP contribution in [0.15, 0.2) is 47.4 Å². The van der Waals surface area contributed by atoms with E-state index in [2.05, 4.69) is 10.6 Å². The molecule has 0 radical (unpaired) electrons. The first-order chi connectivity index (χ1) is 11.3. The number of amides is 3. The Kier molecular flexibility index (Phi) is 5.98. The highest BCUT2D eigenvalue weighted by atomic mass is 32.2. The van der Waals surface area contributed by atoms with E-state index < -0.39 is 17.2 Å². The number of nitrogens with one attached hydrogen (secondary N) is 2. The summed E-state index contributed by atoms with van der Waals surface area (Å²) in [6.45, 7) is 5.54. The average Bonchev–Trinajstić information content (AvgIpc) is 2.52. The first-order valence-electron chi connectivity index (χ1n) is 7.46. The van der Waals surface area contributed by atoms with Crippen molar-refractivity contribution in [1.29, 1.82) is 0 Å². The summed E-state index contributed by atoms with van der Waals surface area (Å²) >= 11 is 1.26. The van der Waals surface area contributed by atoms with Gasteiger partial charge in [0.05, 0.1) is 5.25 Å². The maximum atomic E-state index is 12.9. The van der Waals surface area contributed by atoms with Gasteiger partial charge in [-0.05, 0) is 56.7 Å². The van der Waals surface area contributed by atoms with Gasteiger partial charge in [0.2, 0.25) is 5.91 Å². The fourth-order valence-corrected chi connectivity index (χ4v) is 2.96. The molecule has 0 saturated carbocycles. The molecule has 0 aliphatic heterocycles. The number of rotatable bonds is 4. The van der Waals surface area contributed by atoms with Crippen LogP contribution >= 0.6 is 11.8 Å². The minimum Gasteiger partial charge on any atom is -0.307 e. The maximum Gasteiger partial charge on any atom is 0.325 e. The summed E-state index contributed by atoms with van der Waals surface area (Å²) in [6, 6.07) is 10.9. The van der Waals surface area contributed by atoms with Gasteiger partial charge in [-0.1, -0.05) is 17.7 Å². The van der Waals surface area contributed by atoms with Crippen LogP contribution in [0.4, 0.5) is 14.9 Å². The van der Waals surface area contributed by atoms with Gasteiger partial charge in [0.15, 0.2) is 0 Å². The van der Waals surface area contributed by atoms with Crippen LogP contribution < -0.4 is 10.6 Å². The van der Waals surface area contributed by atoms with E-state index in [1.807, 2.05) is 26.0 Å². The summed E-state index contributed by atoms with van der Waals surface area (Å²) < 4.78 is 12.9. The van der Waals surface area contributed by atoms with Crippen LogP contribution in [0.2, 0.25) is 0 Å². The van der Waals surface area contributed by atoms with Gasteiger partial charge in [0, 0.05) is 10.6 Å². The van der Waals surface area contributed by atoms with Gasteiger partial charge in [-0.2, -0.15) is 0 Å². The number of halogens is 1. The number of anilines is 1. The van der Waals surface area contributed by atoms with Crippen molar-refractivity contribution in [2.75, 3.05) is 5.32 Å². The van der Waals surface area contributed by atoms with Gasteiger partial charge in [-0.15, -0.1) is 11.8 Å². The molecular formula is C18H19FN2O2S. The number of carbonyl (C=O) groups excluding carboxylic acids is 2. The van der Waals surface area contributed by atoms with Crippen molar-refractivity contribution < 1.29 is 14.0 Å². The lowest BCUT2D eigenvalue weighted by Crippen LogP contribution is -2.39. The first-order valence-corrected chi connectivity index (χ1v) is 8.34. The Labute approximate surface area is 144 Å². The van der Waals surface area contributed by atoms with Crippen LogP contribution in [0.5, 0.6) is 0 Å². The van der Waals surface area contributed by atoms with E-state index in [1.165, 1.54) is 23.9 Å². The van der Waals surface area contributed by atoms with E-state index in [9.17, 15) is 14.0 Å². The Morgan fingerprint density at radius 2 is 1.75 bits per heavy atom. The Balaban J connectivity index is 1.90. The van der Waals surface area contributed by atoms with Crippen molar-refractivity contribution in [1.82, 2.24) is 5.32 Å². The quantitative estimate of drug-likeness (QED) is 0.813. The van der Waals surface area contributed by atoms with E-state index in [1.54, 1.807) is 25.1 Å². The number of urea groups is 1. The summed E-state index contributed by atoms with van der Waals surface area (Å²) in [7, 11) is 0. The summed E-state index contributed by atoms with van der Waals surface area (Å²) in [4.78, 5) is 24.8. The minimum atomic E-state index is -0.571. The lowest BCUT2D eigenvalue weighted by molar-refractivity contribution is -0.119. The fraction of sp³-hybridized carbons (Fsp3) is 0.222. The second-order valence-corrected chi connectivity index (χ2v) is 6.89. The summed E-state index contributed by atoms with van der Waals surface area (Å²) in [5.41, 5.74) is 2.68. The SMILES string of the molecule is Cc1ccc(NC(=O)NC(=O)C(C)Sc2ccc(F)cc2)c(C)c1. The molecule has 4 nitrogen and oxygen atoms in total. The van der Waals surface area contributed by atoms with Crippen molar-refractivity contribution in [2.45, 2.75) is 30.9 Å². The highest BCUT2D eigenvalue weighted by molar-refractivity contribution is 8.00. The number of thioether (sulfide) groups is 1. The monoisotopic (exact) mass is 346 g/mol. The van der Waals surface area contributed by atoms with Crippen LogP contribution in [0.3, 0.4) is 0 Å². The predicted octanol–water partition coefficient (Wildman–Crippen LogP) is 4.27. The fourth-order valence-electron chi connectivity index (χ4n) is 2.09. The number of imide groups is 1. The van der Waals surface area contributed by atoms with Gasteiger partial charge < -0.3 is 5.32 Å². The third-order valence-electron chi connectivity index (χ3n) is 3.36.